The molecule has 96 valence electrons. The lowest BCUT2D eigenvalue weighted by molar-refractivity contribution is -0.106. The number of carbonyl (C=O) groups is 1. The third-order valence-corrected chi connectivity index (χ3v) is 2.82. The Balaban J connectivity index is 0.000000673. The van der Waals surface area contributed by atoms with Gasteiger partial charge in [0.15, 0.2) is 0 Å². The Labute approximate surface area is 100.0 Å². The van der Waals surface area contributed by atoms with Crippen molar-refractivity contribution in [2.24, 2.45) is 0 Å². The Bertz CT molecular complexity index is 166. The van der Waals surface area contributed by atoms with Crippen LogP contribution in [0.5, 0.6) is 0 Å². The van der Waals surface area contributed by atoms with Crippen molar-refractivity contribution >= 4 is 6.29 Å². The third kappa shape index (κ3) is 6.93. The molecule has 0 bridgehead atoms. The number of aldehydes is 1. The van der Waals surface area contributed by atoms with Crippen molar-refractivity contribution in [2.75, 3.05) is 46.3 Å². The first kappa shape index (κ1) is 15.6. The molecule has 0 aromatic carbocycles. The summed E-state index contributed by atoms with van der Waals surface area (Å²) in [5, 5.41) is 3.19. The number of piperazine rings is 1. The largest absolute Gasteiger partial charge is 0.318 e. The zero-order valence-electron chi connectivity index (χ0n) is 11.2. The van der Waals surface area contributed by atoms with Gasteiger partial charge < -0.3 is 10.1 Å². The fraction of sp³-hybridized carbons (Fsp3) is 0.917. The lowest BCUT2D eigenvalue weighted by atomic mass is 10.2. The molecule has 4 nitrogen and oxygen atoms in total. The molecule has 1 fully saturated rings. The predicted molar refractivity (Wildman–Crippen MR) is 68.8 cm³/mol. The minimum absolute atomic E-state index is 0.714. The van der Waals surface area contributed by atoms with E-state index in [1.165, 1.54) is 39.6 Å². The van der Waals surface area contributed by atoms with Crippen LogP contribution >= 0.6 is 0 Å². The fourth-order valence-corrected chi connectivity index (χ4v) is 1.77. The number of carbonyl (C=O) groups excluding carboxylic acids is 1. The summed E-state index contributed by atoms with van der Waals surface area (Å²) < 4.78 is 0. The maximum Gasteiger partial charge on any atom is 0.116 e. The molecule has 0 saturated carbocycles. The van der Waals surface area contributed by atoms with Crippen LogP contribution in [0.2, 0.25) is 0 Å². The summed E-state index contributed by atoms with van der Waals surface area (Å²) in [6, 6.07) is 0.714. The lowest BCUT2D eigenvalue weighted by Crippen LogP contribution is -2.49. The van der Waals surface area contributed by atoms with Crippen molar-refractivity contribution in [2.45, 2.75) is 26.8 Å². The first-order chi connectivity index (χ1) is 7.65. The average Bonchev–Trinajstić information content (AvgIpc) is 2.28. The van der Waals surface area contributed by atoms with Gasteiger partial charge in [-0.25, -0.2) is 0 Å². The van der Waals surface area contributed by atoms with Crippen LogP contribution < -0.4 is 5.32 Å². The van der Waals surface area contributed by atoms with Gasteiger partial charge in [-0.2, -0.15) is 0 Å². The molecule has 16 heavy (non-hydrogen) atoms. The normalized spacial score (nSPS) is 18.1. The highest BCUT2D eigenvalue weighted by molar-refractivity contribution is 5.44. The fourth-order valence-electron chi connectivity index (χ4n) is 1.77. The maximum absolute atomic E-state index is 8.81. The maximum atomic E-state index is 8.81. The smallest absolute Gasteiger partial charge is 0.116 e. The molecule has 1 N–H and O–H groups in total. The zero-order valence-corrected chi connectivity index (χ0v) is 11.2. The van der Waals surface area contributed by atoms with E-state index in [9.17, 15) is 0 Å². The topological polar surface area (TPSA) is 35.6 Å². The molecule has 1 aliphatic heterocycles. The molecule has 1 saturated heterocycles. The minimum atomic E-state index is 0.714. The van der Waals surface area contributed by atoms with Gasteiger partial charge in [-0.05, 0) is 27.8 Å². The van der Waals surface area contributed by atoms with Crippen LogP contribution in [0.25, 0.3) is 0 Å². The quantitative estimate of drug-likeness (QED) is 0.710. The van der Waals surface area contributed by atoms with E-state index in [4.69, 9.17) is 4.79 Å². The Hall–Kier alpha value is -0.450. The molecule has 0 aliphatic carbocycles. The predicted octanol–water partition coefficient (Wildman–Crippen LogP) is 0.437. The van der Waals surface area contributed by atoms with Crippen molar-refractivity contribution in [3.8, 4) is 0 Å². The minimum Gasteiger partial charge on any atom is -0.318 e. The summed E-state index contributed by atoms with van der Waals surface area (Å²) in [7, 11) is 2.02. The van der Waals surface area contributed by atoms with E-state index in [1.54, 1.807) is 0 Å². The van der Waals surface area contributed by atoms with Gasteiger partial charge in [-0.1, -0.05) is 0 Å². The van der Waals surface area contributed by atoms with Gasteiger partial charge in [0.25, 0.3) is 0 Å². The van der Waals surface area contributed by atoms with Gasteiger partial charge in [-0.3, -0.25) is 9.80 Å². The molecular formula is C12H27N3O. The Kier molecular flexibility index (Phi) is 9.48. The molecule has 0 radical (unpaired) electrons. The van der Waals surface area contributed by atoms with Crippen molar-refractivity contribution in [3.05, 3.63) is 0 Å². The molecule has 1 rings (SSSR count). The van der Waals surface area contributed by atoms with E-state index in [2.05, 4.69) is 29.0 Å². The monoisotopic (exact) mass is 229 g/mol. The first-order valence-electron chi connectivity index (χ1n) is 6.16. The standard InChI is InChI=1S/C10H23N3.C2H4O/c1-10(2)13-8-6-12(7-9-13)5-4-11-3;1-2-3/h10-11H,4-9H2,1-3H3;2H,1H3. The third-order valence-electron chi connectivity index (χ3n) is 2.82. The molecule has 4 heteroatoms. The molecule has 0 unspecified atom stereocenters. The van der Waals surface area contributed by atoms with E-state index in [0.717, 1.165) is 12.8 Å². The van der Waals surface area contributed by atoms with E-state index in [-0.39, 0.29) is 0 Å². The highest BCUT2D eigenvalue weighted by Crippen LogP contribution is 2.04. The second-order valence-electron chi connectivity index (χ2n) is 4.31. The molecular weight excluding hydrogens is 202 g/mol. The van der Waals surface area contributed by atoms with Gasteiger partial charge in [0.05, 0.1) is 0 Å². The van der Waals surface area contributed by atoms with Crippen molar-refractivity contribution in [1.29, 1.82) is 0 Å². The summed E-state index contributed by atoms with van der Waals surface area (Å²) >= 11 is 0. The number of rotatable bonds is 4. The van der Waals surface area contributed by atoms with E-state index < -0.39 is 0 Å². The van der Waals surface area contributed by atoms with Crippen LogP contribution in [-0.2, 0) is 4.79 Å². The van der Waals surface area contributed by atoms with Gasteiger partial charge in [0, 0.05) is 45.3 Å². The van der Waals surface area contributed by atoms with E-state index >= 15 is 0 Å². The van der Waals surface area contributed by atoms with Crippen LogP contribution in [0.1, 0.15) is 20.8 Å². The molecule has 0 aromatic heterocycles. The highest BCUT2D eigenvalue weighted by Gasteiger charge is 2.17. The molecule has 0 amide bonds. The van der Waals surface area contributed by atoms with Crippen LogP contribution in [0.15, 0.2) is 0 Å². The molecule has 0 aromatic rings. The summed E-state index contributed by atoms with van der Waals surface area (Å²) in [4.78, 5) is 13.9. The number of likely N-dealkylation sites (N-methyl/N-ethyl adjacent to an activating group) is 1. The number of hydrogen-bond donors (Lipinski definition) is 1. The van der Waals surface area contributed by atoms with E-state index in [0.29, 0.717) is 6.04 Å². The molecule has 1 aliphatic rings. The summed E-state index contributed by atoms with van der Waals surface area (Å²) in [6.07, 6.45) is 0.750. The highest BCUT2D eigenvalue weighted by atomic mass is 16.1. The van der Waals surface area contributed by atoms with Gasteiger partial charge in [-0.15, -0.1) is 0 Å². The second kappa shape index (κ2) is 9.75. The molecule has 0 spiro atoms. The van der Waals surface area contributed by atoms with Crippen molar-refractivity contribution in [3.63, 3.8) is 0 Å². The summed E-state index contributed by atoms with van der Waals surface area (Å²) in [6.45, 7) is 13.3. The Morgan fingerprint density at radius 2 is 1.75 bits per heavy atom. The zero-order chi connectivity index (χ0) is 12.4. The van der Waals surface area contributed by atoms with Gasteiger partial charge in [0.2, 0.25) is 0 Å². The summed E-state index contributed by atoms with van der Waals surface area (Å²) in [5.74, 6) is 0. The molecule has 1 heterocycles. The Morgan fingerprint density at radius 3 is 2.12 bits per heavy atom. The van der Waals surface area contributed by atoms with Gasteiger partial charge >= 0.3 is 0 Å². The van der Waals surface area contributed by atoms with Crippen molar-refractivity contribution < 1.29 is 4.79 Å². The van der Waals surface area contributed by atoms with Gasteiger partial charge in [0.1, 0.15) is 6.29 Å². The lowest BCUT2D eigenvalue weighted by Gasteiger charge is -2.36. The number of hydrogen-bond acceptors (Lipinski definition) is 4. The Morgan fingerprint density at radius 1 is 1.25 bits per heavy atom. The van der Waals surface area contributed by atoms with Crippen LogP contribution in [0, 0.1) is 0 Å². The van der Waals surface area contributed by atoms with E-state index in [1.807, 2.05) is 7.05 Å². The summed E-state index contributed by atoms with van der Waals surface area (Å²) in [5.41, 5.74) is 0. The van der Waals surface area contributed by atoms with Crippen molar-refractivity contribution in [1.82, 2.24) is 15.1 Å². The number of nitrogens with zero attached hydrogens (tertiary/aromatic N) is 2. The second-order valence-corrected chi connectivity index (χ2v) is 4.31. The SMILES string of the molecule is CC=O.CNCCN1CCN(C(C)C)CC1. The first-order valence-corrected chi connectivity index (χ1v) is 6.16. The average molecular weight is 229 g/mol. The van der Waals surface area contributed by atoms with Crippen LogP contribution in [0.4, 0.5) is 0 Å². The number of nitrogens with one attached hydrogen (secondary N) is 1. The van der Waals surface area contributed by atoms with Crippen LogP contribution in [0.3, 0.4) is 0 Å². The van der Waals surface area contributed by atoms with Crippen LogP contribution in [-0.4, -0.2) is 68.4 Å². The molecule has 0 atom stereocenters.